The summed E-state index contributed by atoms with van der Waals surface area (Å²) < 4.78 is 18.3. The minimum absolute atomic E-state index is 0.207. The summed E-state index contributed by atoms with van der Waals surface area (Å²) in [6.07, 6.45) is 3.15. The van der Waals surface area contributed by atoms with E-state index in [9.17, 15) is 4.39 Å². The van der Waals surface area contributed by atoms with Crippen LogP contribution < -0.4 is 10.5 Å². The van der Waals surface area contributed by atoms with Crippen LogP contribution in [0.15, 0.2) is 24.3 Å². The van der Waals surface area contributed by atoms with E-state index >= 15 is 0 Å². The van der Waals surface area contributed by atoms with Gasteiger partial charge in [-0.3, -0.25) is 0 Å². The summed E-state index contributed by atoms with van der Waals surface area (Å²) in [6.45, 7) is 5.67. The summed E-state index contributed by atoms with van der Waals surface area (Å²) in [6, 6.07) is 6.25. The quantitative estimate of drug-likeness (QED) is 0.740. The third-order valence-corrected chi connectivity index (χ3v) is 2.87. The number of nitrogens with two attached hydrogens (primary N) is 1. The molecule has 0 heterocycles. The van der Waals surface area contributed by atoms with Crippen LogP contribution in [0.4, 0.5) is 4.39 Å². The highest BCUT2D eigenvalue weighted by Crippen LogP contribution is 2.21. The molecule has 17 heavy (non-hydrogen) atoms. The molecule has 0 aliphatic carbocycles. The Hall–Kier alpha value is -1.09. The average Bonchev–Trinajstić information content (AvgIpc) is 2.29. The molecule has 0 bridgehead atoms. The molecule has 1 aromatic rings. The van der Waals surface area contributed by atoms with Crippen LogP contribution in [-0.4, -0.2) is 13.2 Å². The van der Waals surface area contributed by atoms with Gasteiger partial charge in [-0.25, -0.2) is 4.39 Å². The zero-order valence-corrected chi connectivity index (χ0v) is 10.7. The lowest BCUT2D eigenvalue weighted by Gasteiger charge is -2.21. The van der Waals surface area contributed by atoms with Gasteiger partial charge in [0.25, 0.3) is 0 Å². The molecule has 0 saturated heterocycles. The van der Waals surface area contributed by atoms with Crippen LogP contribution in [0.25, 0.3) is 0 Å². The minimum atomic E-state index is -0.258. The van der Waals surface area contributed by atoms with Crippen LogP contribution in [0.3, 0.4) is 0 Å². The largest absolute Gasteiger partial charge is 0.493 e. The first kappa shape index (κ1) is 14.0. The molecule has 0 radical (unpaired) electrons. The lowest BCUT2D eigenvalue weighted by Crippen LogP contribution is -2.23. The molecule has 2 N–H and O–H groups in total. The number of rotatable bonds is 7. The second-order valence-corrected chi connectivity index (χ2v) is 5.13. The normalized spacial score (nSPS) is 11.5. The highest BCUT2D eigenvalue weighted by Gasteiger charge is 2.14. The van der Waals surface area contributed by atoms with Gasteiger partial charge in [0.15, 0.2) is 0 Å². The maximum absolute atomic E-state index is 12.9. The van der Waals surface area contributed by atoms with E-state index in [0.29, 0.717) is 18.9 Å². The van der Waals surface area contributed by atoms with E-state index in [2.05, 4.69) is 13.8 Å². The van der Waals surface area contributed by atoms with Crippen LogP contribution >= 0.6 is 0 Å². The van der Waals surface area contributed by atoms with Crippen molar-refractivity contribution in [3.05, 3.63) is 30.1 Å². The summed E-state index contributed by atoms with van der Waals surface area (Å²) in [5, 5.41) is 0. The smallest absolute Gasteiger partial charge is 0.126 e. The Balaban J connectivity index is 2.17. The third-order valence-electron chi connectivity index (χ3n) is 2.87. The Bertz CT molecular complexity index is 339. The number of hydrogen-bond acceptors (Lipinski definition) is 2. The molecule has 0 aliphatic heterocycles. The summed E-state index contributed by atoms with van der Waals surface area (Å²) in [5.74, 6) is 0.342. The molecular formula is C14H22FNO. The van der Waals surface area contributed by atoms with Crippen molar-refractivity contribution in [3.63, 3.8) is 0 Å². The Morgan fingerprint density at radius 2 is 2.06 bits per heavy atom. The van der Waals surface area contributed by atoms with Crippen molar-refractivity contribution in [1.29, 1.82) is 0 Å². The van der Waals surface area contributed by atoms with Crippen molar-refractivity contribution in [3.8, 4) is 5.75 Å². The van der Waals surface area contributed by atoms with Crippen molar-refractivity contribution in [2.45, 2.75) is 33.1 Å². The van der Waals surface area contributed by atoms with E-state index in [1.807, 2.05) is 0 Å². The van der Waals surface area contributed by atoms with Gasteiger partial charge in [0.05, 0.1) is 6.61 Å². The molecule has 1 aromatic carbocycles. The van der Waals surface area contributed by atoms with Gasteiger partial charge in [-0.05, 0) is 43.4 Å². The maximum Gasteiger partial charge on any atom is 0.126 e. The molecule has 3 heteroatoms. The number of halogens is 1. The molecule has 0 unspecified atom stereocenters. The third kappa shape index (κ3) is 5.68. The van der Waals surface area contributed by atoms with Gasteiger partial charge in [-0.1, -0.05) is 19.9 Å². The lowest BCUT2D eigenvalue weighted by atomic mass is 9.87. The van der Waals surface area contributed by atoms with Crippen LogP contribution in [0.2, 0.25) is 0 Å². The second kappa shape index (κ2) is 6.60. The lowest BCUT2D eigenvalue weighted by molar-refractivity contribution is 0.278. The van der Waals surface area contributed by atoms with E-state index in [0.717, 1.165) is 19.3 Å². The van der Waals surface area contributed by atoms with E-state index < -0.39 is 0 Å². The minimum Gasteiger partial charge on any atom is -0.493 e. The van der Waals surface area contributed by atoms with Gasteiger partial charge >= 0.3 is 0 Å². The fourth-order valence-corrected chi connectivity index (χ4v) is 1.55. The fraction of sp³-hybridized carbons (Fsp3) is 0.571. The summed E-state index contributed by atoms with van der Waals surface area (Å²) in [4.78, 5) is 0. The molecule has 0 fully saturated rings. The molecule has 0 aromatic heterocycles. The Kier molecular flexibility index (Phi) is 5.42. The summed E-state index contributed by atoms with van der Waals surface area (Å²) >= 11 is 0. The van der Waals surface area contributed by atoms with Crippen molar-refractivity contribution < 1.29 is 9.13 Å². The van der Waals surface area contributed by atoms with Crippen LogP contribution in [0.5, 0.6) is 5.75 Å². The standard InChI is InChI=1S/C14H22FNO/c1-14(2,11-16)8-3-4-9-17-13-7-5-6-12(15)10-13/h5-7,10H,3-4,8-9,11,16H2,1-2H3. The Labute approximate surface area is 103 Å². The molecule has 0 atom stereocenters. The van der Waals surface area contributed by atoms with E-state index in [4.69, 9.17) is 10.5 Å². The zero-order chi connectivity index (χ0) is 12.7. The van der Waals surface area contributed by atoms with Crippen molar-refractivity contribution in [2.75, 3.05) is 13.2 Å². The molecule has 0 spiro atoms. The molecule has 0 amide bonds. The highest BCUT2D eigenvalue weighted by molar-refractivity contribution is 5.22. The van der Waals surface area contributed by atoms with Crippen LogP contribution in [0, 0.1) is 11.2 Å². The SMILES string of the molecule is CC(C)(CN)CCCCOc1cccc(F)c1. The van der Waals surface area contributed by atoms with Gasteiger partial charge in [0.1, 0.15) is 11.6 Å². The molecular weight excluding hydrogens is 217 g/mol. The van der Waals surface area contributed by atoms with Crippen molar-refractivity contribution in [2.24, 2.45) is 11.1 Å². The number of unbranched alkanes of at least 4 members (excludes halogenated alkanes) is 1. The first-order valence-corrected chi connectivity index (χ1v) is 6.12. The first-order chi connectivity index (χ1) is 8.03. The summed E-state index contributed by atoms with van der Waals surface area (Å²) in [7, 11) is 0. The van der Waals surface area contributed by atoms with Gasteiger partial charge in [-0.15, -0.1) is 0 Å². The van der Waals surface area contributed by atoms with Gasteiger partial charge < -0.3 is 10.5 Å². The van der Waals surface area contributed by atoms with Crippen LogP contribution in [-0.2, 0) is 0 Å². The molecule has 0 saturated carbocycles. The van der Waals surface area contributed by atoms with Crippen molar-refractivity contribution >= 4 is 0 Å². The average molecular weight is 239 g/mol. The first-order valence-electron chi connectivity index (χ1n) is 6.12. The second-order valence-electron chi connectivity index (χ2n) is 5.13. The Morgan fingerprint density at radius 3 is 2.71 bits per heavy atom. The van der Waals surface area contributed by atoms with Gasteiger partial charge in [0.2, 0.25) is 0 Å². The van der Waals surface area contributed by atoms with Gasteiger partial charge in [-0.2, -0.15) is 0 Å². The molecule has 96 valence electrons. The van der Waals surface area contributed by atoms with Gasteiger partial charge in [0, 0.05) is 6.07 Å². The summed E-state index contributed by atoms with van der Waals surface area (Å²) in [5.41, 5.74) is 5.86. The molecule has 0 aliphatic rings. The number of hydrogen-bond donors (Lipinski definition) is 1. The highest BCUT2D eigenvalue weighted by atomic mass is 19.1. The monoisotopic (exact) mass is 239 g/mol. The van der Waals surface area contributed by atoms with E-state index in [-0.39, 0.29) is 11.2 Å². The number of ether oxygens (including phenoxy) is 1. The fourth-order valence-electron chi connectivity index (χ4n) is 1.55. The zero-order valence-electron chi connectivity index (χ0n) is 10.7. The molecule has 1 rings (SSSR count). The number of benzene rings is 1. The molecule has 2 nitrogen and oxygen atoms in total. The topological polar surface area (TPSA) is 35.2 Å². The predicted octanol–water partition coefficient (Wildman–Crippen LogP) is 3.36. The van der Waals surface area contributed by atoms with Crippen molar-refractivity contribution in [1.82, 2.24) is 0 Å². The van der Waals surface area contributed by atoms with E-state index in [1.165, 1.54) is 12.1 Å². The van der Waals surface area contributed by atoms with E-state index in [1.54, 1.807) is 12.1 Å². The Morgan fingerprint density at radius 1 is 1.29 bits per heavy atom. The van der Waals surface area contributed by atoms with Crippen LogP contribution in [0.1, 0.15) is 33.1 Å². The maximum atomic E-state index is 12.9. The predicted molar refractivity (Wildman–Crippen MR) is 68.6 cm³/mol.